The van der Waals surface area contributed by atoms with E-state index in [1.54, 1.807) is 10.6 Å². The number of nitrogens with zero attached hydrogens (tertiary/aromatic N) is 2. The lowest BCUT2D eigenvalue weighted by Crippen LogP contribution is -2.22. The molecule has 1 aliphatic rings. The van der Waals surface area contributed by atoms with Crippen LogP contribution >= 0.6 is 0 Å². The minimum atomic E-state index is -0.722. The number of hydrogen-bond acceptors (Lipinski definition) is 3. The van der Waals surface area contributed by atoms with Crippen molar-refractivity contribution in [3.8, 4) is 0 Å². The van der Waals surface area contributed by atoms with Gasteiger partial charge < -0.3 is 5.73 Å². The number of nitrogens with two attached hydrogens (primary N) is 1. The van der Waals surface area contributed by atoms with Crippen molar-refractivity contribution >= 4 is 11.6 Å². The Hall–Kier alpha value is -2.11. The third kappa shape index (κ3) is 2.70. The zero-order valence-electron chi connectivity index (χ0n) is 12.0. The molecule has 0 aromatic carbocycles. The Morgan fingerprint density at radius 2 is 2.14 bits per heavy atom. The van der Waals surface area contributed by atoms with Crippen molar-refractivity contribution in [3.05, 3.63) is 33.9 Å². The van der Waals surface area contributed by atoms with Gasteiger partial charge in [-0.25, -0.2) is 0 Å². The summed E-state index contributed by atoms with van der Waals surface area (Å²) < 4.78 is 1.77. The molecule has 1 saturated carbocycles. The smallest absolute Gasteiger partial charge is 0.256 e. The third-order valence-corrected chi connectivity index (χ3v) is 4.42. The number of rotatable bonds is 4. The van der Waals surface area contributed by atoms with Crippen LogP contribution in [-0.4, -0.2) is 20.5 Å². The lowest BCUT2D eigenvalue weighted by Gasteiger charge is -2.20. The second-order valence-corrected chi connectivity index (χ2v) is 5.82. The Balaban J connectivity index is 1.85. The first kappa shape index (κ1) is 13.9. The fourth-order valence-corrected chi connectivity index (χ4v) is 3.26. The first-order valence-electron chi connectivity index (χ1n) is 7.55. The SMILES string of the molecule is NC(=O)c1c(=O)ccn2c(CCC3CCCCC3)n[nH]c12. The summed E-state index contributed by atoms with van der Waals surface area (Å²) in [5, 5.41) is 7.03. The summed E-state index contributed by atoms with van der Waals surface area (Å²) in [6, 6.07) is 1.37. The van der Waals surface area contributed by atoms with E-state index in [0.29, 0.717) is 5.65 Å². The highest BCUT2D eigenvalue weighted by molar-refractivity contribution is 5.98. The number of H-pyrrole nitrogens is 1. The van der Waals surface area contributed by atoms with Crippen LogP contribution in [-0.2, 0) is 6.42 Å². The number of carbonyl (C=O) groups is 1. The Morgan fingerprint density at radius 1 is 1.38 bits per heavy atom. The molecule has 0 spiro atoms. The van der Waals surface area contributed by atoms with Crippen molar-refractivity contribution in [1.82, 2.24) is 14.6 Å². The minimum Gasteiger partial charge on any atom is -0.365 e. The minimum absolute atomic E-state index is 0.0195. The van der Waals surface area contributed by atoms with Crippen molar-refractivity contribution in [2.75, 3.05) is 0 Å². The Labute approximate surface area is 122 Å². The van der Waals surface area contributed by atoms with Gasteiger partial charge in [0.1, 0.15) is 17.0 Å². The van der Waals surface area contributed by atoms with Crippen LogP contribution in [0.4, 0.5) is 0 Å². The molecule has 2 aromatic rings. The number of carbonyl (C=O) groups excluding carboxylic acids is 1. The van der Waals surface area contributed by atoms with E-state index in [1.807, 2.05) is 0 Å². The van der Waals surface area contributed by atoms with Crippen molar-refractivity contribution in [2.45, 2.75) is 44.9 Å². The van der Waals surface area contributed by atoms with Gasteiger partial charge in [0.2, 0.25) is 0 Å². The molecule has 1 amide bonds. The predicted molar refractivity (Wildman–Crippen MR) is 79.2 cm³/mol. The fraction of sp³-hybridized carbons (Fsp3) is 0.533. The molecule has 6 heteroatoms. The molecule has 0 unspecified atom stereocenters. The zero-order chi connectivity index (χ0) is 14.8. The molecular formula is C15H20N4O2. The van der Waals surface area contributed by atoms with E-state index in [2.05, 4.69) is 10.2 Å². The summed E-state index contributed by atoms with van der Waals surface area (Å²) in [5.74, 6) is 0.888. The molecule has 112 valence electrons. The summed E-state index contributed by atoms with van der Waals surface area (Å²) in [7, 11) is 0. The predicted octanol–water partition coefficient (Wildman–Crippen LogP) is 1.63. The van der Waals surface area contributed by atoms with E-state index in [0.717, 1.165) is 24.6 Å². The second-order valence-electron chi connectivity index (χ2n) is 5.82. The maximum atomic E-state index is 11.7. The molecule has 2 aromatic heterocycles. The maximum Gasteiger partial charge on any atom is 0.256 e. The molecule has 0 saturated heterocycles. The van der Waals surface area contributed by atoms with Gasteiger partial charge in [0.15, 0.2) is 5.43 Å². The maximum absolute atomic E-state index is 11.7. The van der Waals surface area contributed by atoms with Crippen LogP contribution in [0.5, 0.6) is 0 Å². The van der Waals surface area contributed by atoms with Gasteiger partial charge in [-0.05, 0) is 12.3 Å². The van der Waals surface area contributed by atoms with Crippen molar-refractivity contribution in [2.24, 2.45) is 11.7 Å². The Kier molecular flexibility index (Phi) is 3.77. The quantitative estimate of drug-likeness (QED) is 0.895. The number of amides is 1. The molecule has 1 fully saturated rings. The van der Waals surface area contributed by atoms with Crippen LogP contribution in [0.15, 0.2) is 17.1 Å². The molecule has 0 aliphatic heterocycles. The molecule has 0 atom stereocenters. The second kappa shape index (κ2) is 5.71. The van der Waals surface area contributed by atoms with Crippen molar-refractivity contribution in [3.63, 3.8) is 0 Å². The van der Waals surface area contributed by atoms with E-state index in [9.17, 15) is 9.59 Å². The monoisotopic (exact) mass is 288 g/mol. The largest absolute Gasteiger partial charge is 0.365 e. The lowest BCUT2D eigenvalue weighted by atomic mass is 9.86. The van der Waals surface area contributed by atoms with E-state index < -0.39 is 5.91 Å². The van der Waals surface area contributed by atoms with Gasteiger partial charge in [0, 0.05) is 18.7 Å². The summed E-state index contributed by atoms with van der Waals surface area (Å²) in [5.41, 5.74) is 5.29. The summed E-state index contributed by atoms with van der Waals surface area (Å²) in [6.07, 6.45) is 10.2. The highest BCUT2D eigenvalue weighted by atomic mass is 16.2. The third-order valence-electron chi connectivity index (χ3n) is 4.42. The number of pyridine rings is 1. The Bertz CT molecular complexity index is 710. The topological polar surface area (TPSA) is 93.2 Å². The summed E-state index contributed by atoms with van der Waals surface area (Å²) in [6.45, 7) is 0. The van der Waals surface area contributed by atoms with Gasteiger partial charge in [0.25, 0.3) is 5.91 Å². The zero-order valence-corrected chi connectivity index (χ0v) is 12.0. The van der Waals surface area contributed by atoms with Crippen LogP contribution in [0.25, 0.3) is 5.65 Å². The number of fused-ring (bicyclic) bond motifs is 1. The number of aryl methyl sites for hydroxylation is 1. The van der Waals surface area contributed by atoms with Crippen LogP contribution < -0.4 is 11.2 Å². The number of nitrogens with one attached hydrogen (secondary N) is 1. The van der Waals surface area contributed by atoms with Gasteiger partial charge in [-0.3, -0.25) is 19.1 Å². The first-order chi connectivity index (χ1) is 10.2. The molecule has 2 heterocycles. The summed E-state index contributed by atoms with van der Waals surface area (Å²) in [4.78, 5) is 23.1. The van der Waals surface area contributed by atoms with Crippen molar-refractivity contribution < 1.29 is 4.79 Å². The van der Waals surface area contributed by atoms with Gasteiger partial charge >= 0.3 is 0 Å². The number of aromatic amines is 1. The molecule has 0 radical (unpaired) electrons. The fourth-order valence-electron chi connectivity index (χ4n) is 3.26. The molecule has 0 bridgehead atoms. The van der Waals surface area contributed by atoms with E-state index in [1.165, 1.54) is 38.2 Å². The Morgan fingerprint density at radius 3 is 2.86 bits per heavy atom. The normalized spacial score (nSPS) is 16.4. The molecule has 1 aliphatic carbocycles. The average molecular weight is 288 g/mol. The van der Waals surface area contributed by atoms with Gasteiger partial charge in [0.05, 0.1) is 0 Å². The van der Waals surface area contributed by atoms with E-state index in [-0.39, 0.29) is 11.0 Å². The highest BCUT2D eigenvalue weighted by Gasteiger charge is 2.17. The van der Waals surface area contributed by atoms with Gasteiger partial charge in [-0.15, -0.1) is 0 Å². The van der Waals surface area contributed by atoms with Gasteiger partial charge in [-0.1, -0.05) is 32.1 Å². The number of hydrogen-bond donors (Lipinski definition) is 2. The molecule has 3 N–H and O–H groups in total. The van der Waals surface area contributed by atoms with Gasteiger partial charge in [-0.2, -0.15) is 5.10 Å². The highest BCUT2D eigenvalue weighted by Crippen LogP contribution is 2.27. The number of aromatic nitrogens is 3. The lowest BCUT2D eigenvalue weighted by molar-refractivity contribution is 0.100. The molecule has 3 rings (SSSR count). The molecule has 21 heavy (non-hydrogen) atoms. The summed E-state index contributed by atoms with van der Waals surface area (Å²) >= 11 is 0. The van der Waals surface area contributed by atoms with Crippen LogP contribution in [0, 0.1) is 5.92 Å². The standard InChI is InChI=1S/C15H20N4O2/c16-14(21)13-11(20)8-9-19-12(17-18-15(13)19)7-6-10-4-2-1-3-5-10/h8-10,18H,1-7H2,(H2,16,21). The number of primary amides is 1. The first-order valence-corrected chi connectivity index (χ1v) is 7.55. The van der Waals surface area contributed by atoms with E-state index >= 15 is 0 Å². The van der Waals surface area contributed by atoms with E-state index in [4.69, 9.17) is 5.73 Å². The van der Waals surface area contributed by atoms with Crippen molar-refractivity contribution in [1.29, 1.82) is 0 Å². The van der Waals surface area contributed by atoms with Crippen LogP contribution in [0.3, 0.4) is 0 Å². The average Bonchev–Trinajstić information content (AvgIpc) is 2.88. The molecular weight excluding hydrogens is 268 g/mol. The van der Waals surface area contributed by atoms with Crippen LogP contribution in [0.2, 0.25) is 0 Å². The molecule has 6 nitrogen and oxygen atoms in total. The van der Waals surface area contributed by atoms with Crippen LogP contribution in [0.1, 0.15) is 54.7 Å².